The highest BCUT2D eigenvalue weighted by molar-refractivity contribution is 7.99. The number of halogens is 3. The van der Waals surface area contributed by atoms with Crippen LogP contribution in [-0.2, 0) is 11.8 Å². The van der Waals surface area contributed by atoms with E-state index >= 15 is 0 Å². The molecule has 0 saturated carbocycles. The first kappa shape index (κ1) is 20.6. The average molecular weight is 446 g/mol. The fourth-order valence-electron chi connectivity index (χ4n) is 2.57. The molecule has 0 aliphatic heterocycles. The molecular weight excluding hydrogens is 433 g/mol. The summed E-state index contributed by atoms with van der Waals surface area (Å²) in [5.41, 5.74) is 0.317. The first-order chi connectivity index (χ1) is 14.9. The van der Waals surface area contributed by atoms with Gasteiger partial charge < -0.3 is 14.4 Å². The van der Waals surface area contributed by atoms with Crippen LogP contribution in [-0.4, -0.2) is 36.6 Å². The summed E-state index contributed by atoms with van der Waals surface area (Å²) in [6.07, 6.45) is 0. The van der Waals surface area contributed by atoms with E-state index < -0.39 is 17.5 Å². The highest BCUT2D eigenvalue weighted by Gasteiger charge is 2.19. The predicted molar refractivity (Wildman–Crippen MR) is 105 cm³/mol. The van der Waals surface area contributed by atoms with Gasteiger partial charge in [0.25, 0.3) is 5.89 Å². The van der Waals surface area contributed by atoms with Gasteiger partial charge in [0.15, 0.2) is 5.16 Å². The van der Waals surface area contributed by atoms with Crippen molar-refractivity contribution in [1.29, 1.82) is 0 Å². The van der Waals surface area contributed by atoms with Crippen LogP contribution in [0.15, 0.2) is 52.1 Å². The van der Waals surface area contributed by atoms with Crippen molar-refractivity contribution < 1.29 is 22.5 Å². The van der Waals surface area contributed by atoms with Crippen LogP contribution < -0.4 is 5.32 Å². The molecule has 2 aromatic carbocycles. The van der Waals surface area contributed by atoms with Gasteiger partial charge >= 0.3 is 0 Å². The summed E-state index contributed by atoms with van der Waals surface area (Å²) in [6, 6.07) is 8.38. The van der Waals surface area contributed by atoms with Crippen LogP contribution in [0.3, 0.4) is 0 Å². The normalized spacial score (nSPS) is 11.0. The number of carbonyl (C=O) groups excluding carboxylic acids is 1. The molecule has 0 bridgehead atoms. The van der Waals surface area contributed by atoms with Crippen molar-refractivity contribution >= 4 is 23.4 Å². The molecule has 0 fully saturated rings. The van der Waals surface area contributed by atoms with Crippen LogP contribution in [0.25, 0.3) is 23.1 Å². The molecule has 158 valence electrons. The molecule has 0 spiro atoms. The van der Waals surface area contributed by atoms with E-state index in [1.807, 2.05) is 0 Å². The molecule has 0 saturated heterocycles. The summed E-state index contributed by atoms with van der Waals surface area (Å²) < 4.78 is 46.7. The van der Waals surface area contributed by atoms with Crippen molar-refractivity contribution in [3.05, 3.63) is 59.9 Å². The Hall–Kier alpha value is -3.67. The molecule has 0 unspecified atom stereocenters. The summed E-state index contributed by atoms with van der Waals surface area (Å²) in [7, 11) is 1.64. The first-order valence-electron chi connectivity index (χ1n) is 8.78. The number of nitrogens with one attached hydrogen (secondary N) is 1. The van der Waals surface area contributed by atoms with E-state index in [2.05, 4.69) is 25.7 Å². The number of carbonyl (C=O) groups is 1. The van der Waals surface area contributed by atoms with Crippen molar-refractivity contribution in [2.45, 2.75) is 5.16 Å². The molecule has 0 atom stereocenters. The Kier molecular flexibility index (Phi) is 5.71. The molecule has 0 aliphatic rings. The van der Waals surface area contributed by atoms with Gasteiger partial charge in [0, 0.05) is 18.7 Å². The molecular formula is C19H13F3N6O2S. The molecule has 2 heterocycles. The Bertz CT molecular complexity index is 1240. The first-order valence-corrected chi connectivity index (χ1v) is 9.76. The lowest BCUT2D eigenvalue weighted by molar-refractivity contribution is -0.113. The van der Waals surface area contributed by atoms with Crippen molar-refractivity contribution in [3.8, 4) is 23.1 Å². The maximum Gasteiger partial charge on any atom is 0.296 e. The van der Waals surface area contributed by atoms with Gasteiger partial charge in [-0.05, 0) is 36.4 Å². The lowest BCUT2D eigenvalue weighted by Crippen LogP contribution is -2.15. The van der Waals surface area contributed by atoms with E-state index in [0.717, 1.165) is 30.0 Å². The highest BCUT2D eigenvalue weighted by Crippen LogP contribution is 2.24. The minimum absolute atomic E-state index is 0.0902. The Morgan fingerprint density at radius 2 is 1.84 bits per heavy atom. The number of nitrogens with zero attached hydrogens (tertiary/aromatic N) is 5. The van der Waals surface area contributed by atoms with E-state index in [1.54, 1.807) is 11.6 Å². The molecule has 4 aromatic rings. The fourth-order valence-corrected chi connectivity index (χ4v) is 3.28. The third-order valence-corrected chi connectivity index (χ3v) is 5.11. The third kappa shape index (κ3) is 4.58. The SMILES string of the molecule is Cn1c(SCC(=O)Nc2cc(F)ccc2F)nnc1-c1nc(-c2ccc(F)cc2)no1. The third-order valence-electron chi connectivity index (χ3n) is 4.09. The van der Waals surface area contributed by atoms with E-state index in [-0.39, 0.29) is 34.8 Å². The van der Waals surface area contributed by atoms with Gasteiger partial charge in [-0.15, -0.1) is 10.2 Å². The second-order valence-corrected chi connectivity index (χ2v) is 7.20. The van der Waals surface area contributed by atoms with Crippen LogP contribution in [0.2, 0.25) is 0 Å². The van der Waals surface area contributed by atoms with Crippen molar-refractivity contribution in [2.75, 3.05) is 11.1 Å². The van der Waals surface area contributed by atoms with Gasteiger partial charge in [0.05, 0.1) is 11.4 Å². The van der Waals surface area contributed by atoms with Gasteiger partial charge in [0.2, 0.25) is 17.6 Å². The lowest BCUT2D eigenvalue weighted by Gasteiger charge is -2.06. The smallest absolute Gasteiger partial charge is 0.296 e. The highest BCUT2D eigenvalue weighted by atomic mass is 32.2. The van der Waals surface area contributed by atoms with Crippen molar-refractivity contribution in [3.63, 3.8) is 0 Å². The number of benzene rings is 2. The van der Waals surface area contributed by atoms with E-state index in [0.29, 0.717) is 10.7 Å². The van der Waals surface area contributed by atoms with Crippen LogP contribution in [0, 0.1) is 17.5 Å². The summed E-state index contributed by atoms with van der Waals surface area (Å²) in [6.45, 7) is 0. The Morgan fingerprint density at radius 1 is 1.10 bits per heavy atom. The second kappa shape index (κ2) is 8.60. The van der Waals surface area contributed by atoms with E-state index in [4.69, 9.17) is 4.52 Å². The Balaban J connectivity index is 1.43. The number of hydrogen-bond acceptors (Lipinski definition) is 7. The largest absolute Gasteiger partial charge is 0.330 e. The van der Waals surface area contributed by atoms with Crippen LogP contribution >= 0.6 is 11.8 Å². The fraction of sp³-hybridized carbons (Fsp3) is 0.105. The number of aromatic nitrogens is 5. The minimum Gasteiger partial charge on any atom is -0.330 e. The zero-order valence-electron chi connectivity index (χ0n) is 15.8. The van der Waals surface area contributed by atoms with E-state index in [9.17, 15) is 18.0 Å². The maximum absolute atomic E-state index is 13.6. The number of rotatable bonds is 6. The van der Waals surface area contributed by atoms with Gasteiger partial charge in [-0.3, -0.25) is 4.79 Å². The van der Waals surface area contributed by atoms with Crippen molar-refractivity contribution in [1.82, 2.24) is 24.9 Å². The Morgan fingerprint density at radius 3 is 2.61 bits per heavy atom. The predicted octanol–water partition coefficient (Wildman–Crippen LogP) is 3.68. The van der Waals surface area contributed by atoms with E-state index in [1.165, 1.54) is 24.3 Å². The Labute approximate surface area is 177 Å². The van der Waals surface area contributed by atoms with Crippen LogP contribution in [0.4, 0.5) is 18.9 Å². The molecule has 0 aliphatic carbocycles. The summed E-state index contributed by atoms with van der Waals surface area (Å²) in [5, 5.41) is 14.5. The number of thioether (sulfide) groups is 1. The summed E-state index contributed by atoms with van der Waals surface area (Å²) >= 11 is 1.03. The molecule has 1 N–H and O–H groups in total. The molecule has 31 heavy (non-hydrogen) atoms. The van der Waals surface area contributed by atoms with Gasteiger partial charge in [0.1, 0.15) is 17.5 Å². The maximum atomic E-state index is 13.6. The number of amides is 1. The zero-order valence-corrected chi connectivity index (χ0v) is 16.7. The average Bonchev–Trinajstić information content (AvgIpc) is 3.36. The summed E-state index contributed by atoms with van der Waals surface area (Å²) in [5.74, 6) is -1.85. The lowest BCUT2D eigenvalue weighted by atomic mass is 10.2. The molecule has 12 heteroatoms. The second-order valence-electron chi connectivity index (χ2n) is 6.26. The number of hydrogen-bond donors (Lipinski definition) is 1. The molecule has 0 radical (unpaired) electrons. The standard InChI is InChI=1S/C19H13F3N6O2S/c1-28-17(18-24-16(27-30-18)10-2-4-11(20)5-3-10)25-26-19(28)31-9-15(29)23-14-8-12(21)6-7-13(14)22/h2-8H,9H2,1H3,(H,23,29). The monoisotopic (exact) mass is 446 g/mol. The van der Waals surface area contributed by atoms with Gasteiger partial charge in [-0.2, -0.15) is 4.98 Å². The molecule has 8 nitrogen and oxygen atoms in total. The summed E-state index contributed by atoms with van der Waals surface area (Å²) in [4.78, 5) is 16.3. The number of anilines is 1. The van der Waals surface area contributed by atoms with Crippen LogP contribution in [0.5, 0.6) is 0 Å². The van der Waals surface area contributed by atoms with Crippen LogP contribution in [0.1, 0.15) is 0 Å². The van der Waals surface area contributed by atoms with Gasteiger partial charge in [-0.25, -0.2) is 13.2 Å². The minimum atomic E-state index is -0.742. The van der Waals surface area contributed by atoms with Gasteiger partial charge in [-0.1, -0.05) is 16.9 Å². The molecule has 4 rings (SSSR count). The topological polar surface area (TPSA) is 98.7 Å². The quantitative estimate of drug-likeness (QED) is 0.451. The zero-order chi connectivity index (χ0) is 22.0. The van der Waals surface area contributed by atoms with Crippen molar-refractivity contribution in [2.24, 2.45) is 7.05 Å². The molecule has 2 aromatic heterocycles. The molecule has 1 amide bonds.